The van der Waals surface area contributed by atoms with Crippen molar-refractivity contribution < 1.29 is 23.9 Å². The van der Waals surface area contributed by atoms with E-state index in [0.717, 1.165) is 0 Å². The van der Waals surface area contributed by atoms with E-state index in [1.165, 1.54) is 17.4 Å². The van der Waals surface area contributed by atoms with Crippen molar-refractivity contribution in [3.05, 3.63) is 89.9 Å². The Morgan fingerprint density at radius 1 is 1.04 bits per heavy atom. The molecule has 45 heavy (non-hydrogen) atoms. The molecule has 0 fully saturated rings. The SMILES string of the molecule is Cc1c(C(=O)N2CCCCNC(=O)[C@H](Cc3cnc[nH]3)NC(=O)c3cccc(c3)OCCNC(=O)C2)cnn1-c1ccccn1. The first-order chi connectivity index (χ1) is 21.9. The fourth-order valence-corrected chi connectivity index (χ4v) is 4.90. The Morgan fingerprint density at radius 3 is 2.73 bits per heavy atom. The molecule has 4 N–H and O–H groups in total. The molecule has 0 saturated carbocycles. The highest BCUT2D eigenvalue weighted by Gasteiger charge is 2.25. The summed E-state index contributed by atoms with van der Waals surface area (Å²) in [4.78, 5) is 65.6. The predicted octanol–water partition coefficient (Wildman–Crippen LogP) is 1.19. The minimum Gasteiger partial charge on any atom is -0.492 e. The Bertz CT molecular complexity index is 1620. The Labute approximate surface area is 259 Å². The van der Waals surface area contributed by atoms with Crippen molar-refractivity contribution in [3.63, 3.8) is 0 Å². The van der Waals surface area contributed by atoms with E-state index in [-0.39, 0.29) is 50.4 Å². The maximum Gasteiger partial charge on any atom is 0.257 e. The molecule has 14 nitrogen and oxygen atoms in total. The van der Waals surface area contributed by atoms with Crippen molar-refractivity contribution in [1.82, 2.24) is 45.6 Å². The lowest BCUT2D eigenvalue weighted by atomic mass is 10.1. The third-order valence-corrected chi connectivity index (χ3v) is 7.27. The van der Waals surface area contributed by atoms with Crippen LogP contribution >= 0.6 is 0 Å². The summed E-state index contributed by atoms with van der Waals surface area (Å²) in [5, 5.41) is 12.9. The van der Waals surface area contributed by atoms with Gasteiger partial charge in [-0.1, -0.05) is 12.1 Å². The number of pyridine rings is 1. The van der Waals surface area contributed by atoms with Crippen LogP contribution < -0.4 is 20.7 Å². The molecular formula is C31H35N9O5. The molecule has 0 aliphatic carbocycles. The molecule has 0 saturated heterocycles. The van der Waals surface area contributed by atoms with Gasteiger partial charge in [0.1, 0.15) is 18.4 Å². The molecule has 1 aromatic carbocycles. The first kappa shape index (κ1) is 30.9. The van der Waals surface area contributed by atoms with Gasteiger partial charge in [0.05, 0.1) is 36.9 Å². The number of rotatable bonds is 4. The molecule has 4 aromatic rings. The number of aromatic amines is 1. The van der Waals surface area contributed by atoms with E-state index in [2.05, 4.69) is 36.0 Å². The summed E-state index contributed by atoms with van der Waals surface area (Å²) in [5.41, 5.74) is 1.98. The Balaban J connectivity index is 1.31. The van der Waals surface area contributed by atoms with Crippen molar-refractivity contribution in [2.24, 2.45) is 0 Å². The van der Waals surface area contributed by atoms with Gasteiger partial charge in [-0.25, -0.2) is 14.6 Å². The van der Waals surface area contributed by atoms with Crippen LogP contribution in [0.4, 0.5) is 0 Å². The highest BCUT2D eigenvalue weighted by molar-refractivity contribution is 5.98. The molecular weight excluding hydrogens is 578 g/mol. The van der Waals surface area contributed by atoms with Crippen LogP contribution in [0.1, 0.15) is 44.9 Å². The zero-order valence-electron chi connectivity index (χ0n) is 24.9. The quantitative estimate of drug-likeness (QED) is 0.265. The van der Waals surface area contributed by atoms with Crippen LogP contribution in [0.2, 0.25) is 0 Å². The number of benzene rings is 1. The van der Waals surface area contributed by atoms with Gasteiger partial charge in [-0.2, -0.15) is 5.10 Å². The van der Waals surface area contributed by atoms with Crippen molar-refractivity contribution in [1.29, 1.82) is 0 Å². The van der Waals surface area contributed by atoms with Crippen molar-refractivity contribution in [3.8, 4) is 11.6 Å². The van der Waals surface area contributed by atoms with Crippen molar-refractivity contribution in [2.75, 3.05) is 32.8 Å². The van der Waals surface area contributed by atoms with Crippen molar-refractivity contribution >= 4 is 23.6 Å². The van der Waals surface area contributed by atoms with Crippen LogP contribution in [0.15, 0.2) is 67.4 Å². The smallest absolute Gasteiger partial charge is 0.257 e. The average molecular weight is 614 g/mol. The number of carbonyl (C=O) groups excluding carboxylic acids is 4. The van der Waals surface area contributed by atoms with Gasteiger partial charge in [0, 0.05) is 43.2 Å². The number of fused-ring (bicyclic) bond motifs is 2. The molecule has 5 rings (SSSR count). The molecule has 1 aliphatic heterocycles. The topological polar surface area (TPSA) is 176 Å². The monoisotopic (exact) mass is 613 g/mol. The first-order valence-electron chi connectivity index (χ1n) is 14.7. The number of hydrogen-bond acceptors (Lipinski definition) is 8. The lowest BCUT2D eigenvalue weighted by Crippen LogP contribution is -2.48. The first-order valence-corrected chi connectivity index (χ1v) is 14.7. The Morgan fingerprint density at radius 2 is 1.93 bits per heavy atom. The summed E-state index contributed by atoms with van der Waals surface area (Å²) >= 11 is 0. The highest BCUT2D eigenvalue weighted by atomic mass is 16.5. The molecule has 234 valence electrons. The molecule has 4 heterocycles. The Hall–Kier alpha value is -5.53. The summed E-state index contributed by atoms with van der Waals surface area (Å²) in [7, 11) is 0. The Kier molecular flexibility index (Phi) is 10.1. The molecule has 14 heteroatoms. The number of amides is 4. The third-order valence-electron chi connectivity index (χ3n) is 7.27. The van der Waals surface area contributed by atoms with Crippen LogP contribution in [-0.2, 0) is 16.0 Å². The van der Waals surface area contributed by atoms with Gasteiger partial charge < -0.3 is 30.6 Å². The third kappa shape index (κ3) is 8.10. The maximum absolute atomic E-state index is 13.7. The summed E-state index contributed by atoms with van der Waals surface area (Å²) in [6.07, 6.45) is 7.50. The lowest BCUT2D eigenvalue weighted by molar-refractivity contribution is -0.123. The largest absolute Gasteiger partial charge is 0.492 e. The molecule has 0 spiro atoms. The van der Waals surface area contributed by atoms with Crippen LogP contribution in [0.3, 0.4) is 0 Å². The maximum atomic E-state index is 13.7. The van der Waals surface area contributed by atoms with Gasteiger partial charge in [-0.3, -0.25) is 19.2 Å². The fraction of sp³-hybridized carbons (Fsp3) is 0.323. The zero-order chi connectivity index (χ0) is 31.6. The second kappa shape index (κ2) is 14.8. The van der Waals surface area contributed by atoms with Crippen LogP contribution in [0, 0.1) is 6.92 Å². The lowest BCUT2D eigenvalue weighted by Gasteiger charge is -2.22. The second-order valence-electron chi connectivity index (χ2n) is 10.5. The molecule has 4 amide bonds. The second-order valence-corrected chi connectivity index (χ2v) is 10.5. The van der Waals surface area contributed by atoms with E-state index in [9.17, 15) is 19.2 Å². The summed E-state index contributed by atoms with van der Waals surface area (Å²) in [6.45, 7) is 2.53. The molecule has 0 unspecified atom stereocenters. The number of hydrogen-bond donors (Lipinski definition) is 4. The number of aromatic nitrogens is 5. The summed E-state index contributed by atoms with van der Waals surface area (Å²) in [5.74, 6) is -0.458. The number of carbonyl (C=O) groups is 4. The van der Waals surface area contributed by atoms with Crippen molar-refractivity contribution in [2.45, 2.75) is 32.2 Å². The molecule has 1 aliphatic rings. The summed E-state index contributed by atoms with van der Waals surface area (Å²) in [6, 6.07) is 11.1. The normalized spacial score (nSPS) is 17.1. The van der Waals surface area contributed by atoms with Gasteiger partial charge in [0.25, 0.3) is 11.8 Å². The predicted molar refractivity (Wildman–Crippen MR) is 163 cm³/mol. The number of nitrogens with one attached hydrogen (secondary N) is 4. The average Bonchev–Trinajstić information content (AvgIpc) is 3.71. The molecule has 3 aromatic heterocycles. The van der Waals surface area contributed by atoms with Crippen LogP contribution in [-0.4, -0.2) is 92.1 Å². The van der Waals surface area contributed by atoms with E-state index in [1.54, 1.807) is 60.4 Å². The molecule has 0 radical (unpaired) electrons. The van der Waals surface area contributed by atoms with E-state index < -0.39 is 11.9 Å². The number of nitrogens with zero attached hydrogens (tertiary/aromatic N) is 5. The van der Waals surface area contributed by atoms with E-state index in [0.29, 0.717) is 53.5 Å². The van der Waals surface area contributed by atoms with Gasteiger partial charge in [-0.15, -0.1) is 0 Å². The minimum atomic E-state index is -0.858. The van der Waals surface area contributed by atoms with E-state index >= 15 is 0 Å². The van der Waals surface area contributed by atoms with Crippen LogP contribution in [0.5, 0.6) is 5.75 Å². The highest BCUT2D eigenvalue weighted by Crippen LogP contribution is 2.16. The van der Waals surface area contributed by atoms with Gasteiger partial charge in [0.2, 0.25) is 11.8 Å². The standard InChI is InChI=1S/C31H35N9O5/c1-21-25(18-37-40(21)27-9-2-3-10-33-27)31(44)39-13-5-4-11-35-30(43)26(16-23-17-32-20-36-23)38-29(42)22-7-6-8-24(15-22)45-14-12-34-28(41)19-39/h2-3,6-10,15,17-18,20,26H,4-5,11-14,16,19H2,1H3,(H,32,36)(H,34,41)(H,35,43)(H,38,42)/t26-/m0/s1. The van der Waals surface area contributed by atoms with Gasteiger partial charge in [-0.05, 0) is 50.1 Å². The zero-order valence-corrected chi connectivity index (χ0v) is 24.9. The van der Waals surface area contributed by atoms with Gasteiger partial charge >= 0.3 is 0 Å². The van der Waals surface area contributed by atoms with E-state index in [1.807, 2.05) is 6.07 Å². The minimum absolute atomic E-state index is 0.144. The number of H-pyrrole nitrogens is 1. The number of ether oxygens (including phenoxy) is 1. The van der Waals surface area contributed by atoms with Gasteiger partial charge in [0.15, 0.2) is 5.82 Å². The fourth-order valence-electron chi connectivity index (χ4n) is 4.90. The number of imidazole rings is 1. The van der Waals surface area contributed by atoms with E-state index in [4.69, 9.17) is 4.74 Å². The molecule has 2 bridgehead atoms. The summed E-state index contributed by atoms with van der Waals surface area (Å²) < 4.78 is 7.34. The molecule has 1 atom stereocenters. The van der Waals surface area contributed by atoms with Crippen LogP contribution in [0.25, 0.3) is 5.82 Å².